The maximum absolute atomic E-state index is 12.4. The molecule has 0 saturated carbocycles. The van der Waals surface area contributed by atoms with Crippen molar-refractivity contribution in [3.63, 3.8) is 0 Å². The number of carbonyl (C=O) groups excluding carboxylic acids is 2. The minimum atomic E-state index is -1.33. The van der Waals surface area contributed by atoms with Gasteiger partial charge in [-0.1, -0.05) is 126 Å². The molecule has 0 radical (unpaired) electrons. The Bertz CT molecular complexity index is 3430. The standard InChI is InChI=1S/C19H21N3O3.C19H23N3O.C13H18O2.C13H18.C12H16O/c20-17-3-1-2-16(22-17)11-21-19(25)15-7-6-13-8-12(9-18(23)24)4-5-14(13)10-15;1-2-13-6-7-15-11-16(9-8-14(15)10-13)19(23)21-12-17-4-3-5-18(20)22-17;1-2-9-3-4-11-8-12(13(14)15)6-5-10(11)7-9;1-3-11-5-7-12-8-10(2)4-6-13(12)9-11;1-2-9-3-4-11-8-12(13)6-5-10(11)7-9/h1-3,6-7,10,12H,4-5,8-9,11H2,(H2,20,22)(H,21,25)(H,23,24);3-5,8-9,11,13H,2,6-7,10,12H2,1H3,(H2,20,22)(H,21,23);5-6,8-9,13-15H,2-4,7H2,1H3;4,6,8,11H,3,5,7,9H2,1-2H3;5-6,8-9,13H,2-4,7H2,1H3. The quantitative estimate of drug-likeness (QED) is 0.0506. The fourth-order valence-corrected chi connectivity index (χ4v) is 13.3. The number of fused-ring (bicyclic) bond motifs is 5. The number of carbonyl (C=O) groups is 3. The van der Waals surface area contributed by atoms with E-state index in [0.717, 1.165) is 97.4 Å². The van der Waals surface area contributed by atoms with Gasteiger partial charge < -0.3 is 42.5 Å². The molecule has 10 N–H and O–H groups in total. The SMILES string of the molecule is CCC1CCc2cc(C(=O)NCc3cccc(N)n3)ccc2C1.CCC1CCc2cc(C(O)O)ccc2C1.CCC1CCc2cc(C)ccc2C1.CCC1CCc2cc(O)ccc2C1.Nc1cccc(CNC(=O)c2ccc3c(c2)CCC(CC(=O)O)C3)n1. The third kappa shape index (κ3) is 20.1. The number of hydrogen-bond donors (Lipinski definition) is 8. The number of aryl methyl sites for hydroxylation is 6. The molecule has 89 heavy (non-hydrogen) atoms. The second-order valence-corrected chi connectivity index (χ2v) is 25.3. The Hall–Kier alpha value is -7.87. The third-order valence-electron chi connectivity index (χ3n) is 19.0. The van der Waals surface area contributed by atoms with Crippen LogP contribution in [0.1, 0.15) is 197 Å². The van der Waals surface area contributed by atoms with E-state index in [2.05, 4.69) is 85.6 Å². The number of nitrogens with two attached hydrogens (primary N) is 2. The fraction of sp³-hybridized carbons (Fsp3) is 0.434. The molecule has 5 unspecified atom stereocenters. The van der Waals surface area contributed by atoms with Crippen molar-refractivity contribution in [2.45, 2.75) is 182 Å². The van der Waals surface area contributed by atoms with E-state index < -0.39 is 12.3 Å². The number of aliphatic hydroxyl groups excluding tert-OH is 1. The average Bonchev–Trinajstić information content (AvgIpc) is 3.42. The molecule has 0 saturated heterocycles. The number of nitrogens with one attached hydrogen (secondary N) is 2. The summed E-state index contributed by atoms with van der Waals surface area (Å²) in [7, 11) is 0. The minimum absolute atomic E-state index is 0.0605. The first-order chi connectivity index (χ1) is 42.9. The highest BCUT2D eigenvalue weighted by molar-refractivity contribution is 5.95. The number of benzene rings is 5. The number of amides is 2. The molecule has 13 nitrogen and oxygen atoms in total. The van der Waals surface area contributed by atoms with Crippen LogP contribution in [0.3, 0.4) is 0 Å². The number of aliphatic carboxylic acids is 1. The van der Waals surface area contributed by atoms with Crippen LogP contribution in [0, 0.1) is 36.5 Å². The lowest BCUT2D eigenvalue weighted by molar-refractivity contribution is -0.138. The van der Waals surface area contributed by atoms with E-state index in [1.807, 2.05) is 66.7 Å². The fourth-order valence-electron chi connectivity index (χ4n) is 13.3. The molecule has 0 fully saturated rings. The van der Waals surface area contributed by atoms with Crippen molar-refractivity contribution >= 4 is 29.4 Å². The summed E-state index contributed by atoms with van der Waals surface area (Å²) in [5.41, 5.74) is 29.8. The molecule has 0 bridgehead atoms. The van der Waals surface area contributed by atoms with Crippen LogP contribution in [0.4, 0.5) is 11.6 Å². The van der Waals surface area contributed by atoms with Gasteiger partial charge in [0.15, 0.2) is 6.29 Å². The maximum atomic E-state index is 12.4. The van der Waals surface area contributed by atoms with Gasteiger partial charge in [0.2, 0.25) is 0 Å². The smallest absolute Gasteiger partial charge is 0.303 e. The van der Waals surface area contributed by atoms with Crippen molar-refractivity contribution in [2.75, 3.05) is 11.5 Å². The summed E-state index contributed by atoms with van der Waals surface area (Å²) in [6, 6.07) is 41.0. The van der Waals surface area contributed by atoms with Gasteiger partial charge in [0.25, 0.3) is 11.8 Å². The van der Waals surface area contributed by atoms with Gasteiger partial charge in [-0.25, -0.2) is 9.97 Å². The van der Waals surface area contributed by atoms with Crippen molar-refractivity contribution in [1.82, 2.24) is 20.6 Å². The van der Waals surface area contributed by atoms with Crippen LogP contribution in [0.25, 0.3) is 0 Å². The molecule has 472 valence electrons. The van der Waals surface area contributed by atoms with E-state index in [0.29, 0.717) is 47.3 Å². The van der Waals surface area contributed by atoms with Crippen molar-refractivity contribution in [3.8, 4) is 5.75 Å². The summed E-state index contributed by atoms with van der Waals surface area (Å²) >= 11 is 0. The molecule has 2 aromatic heterocycles. The number of phenolic OH excluding ortho intramolecular Hbond substituents is 1. The van der Waals surface area contributed by atoms with Crippen molar-refractivity contribution in [3.05, 3.63) is 217 Å². The van der Waals surface area contributed by atoms with Crippen LogP contribution in [0.2, 0.25) is 0 Å². The van der Waals surface area contributed by atoms with E-state index in [-0.39, 0.29) is 24.2 Å². The van der Waals surface area contributed by atoms with Gasteiger partial charge in [-0.2, -0.15) is 0 Å². The molecule has 5 aliphatic rings. The molecule has 5 aromatic carbocycles. The molecule has 5 atom stereocenters. The number of rotatable bonds is 13. The molecule has 5 aliphatic carbocycles. The van der Waals surface area contributed by atoms with Gasteiger partial charge in [-0.3, -0.25) is 14.4 Å². The number of aromatic nitrogens is 2. The molecule has 0 spiro atoms. The minimum Gasteiger partial charge on any atom is -0.508 e. The first-order valence-electron chi connectivity index (χ1n) is 32.8. The van der Waals surface area contributed by atoms with E-state index in [4.69, 9.17) is 26.8 Å². The summed E-state index contributed by atoms with van der Waals surface area (Å²) < 4.78 is 0. The maximum Gasteiger partial charge on any atom is 0.303 e. The van der Waals surface area contributed by atoms with Crippen molar-refractivity contribution in [1.29, 1.82) is 0 Å². The zero-order chi connectivity index (χ0) is 63.4. The Labute approximate surface area is 528 Å². The highest BCUT2D eigenvalue weighted by Crippen LogP contribution is 2.33. The molecule has 7 aromatic rings. The summed E-state index contributed by atoms with van der Waals surface area (Å²) in [6.45, 7) is 12.0. The average molecular weight is 1210 g/mol. The summed E-state index contributed by atoms with van der Waals surface area (Å²) in [5.74, 6) is 3.92. The predicted octanol–water partition coefficient (Wildman–Crippen LogP) is 13.9. The Kier molecular flexibility index (Phi) is 24.9. The number of nitrogen functional groups attached to an aromatic ring is 2. The van der Waals surface area contributed by atoms with Crippen LogP contribution < -0.4 is 22.1 Å². The Balaban J connectivity index is 0.000000148. The third-order valence-corrected chi connectivity index (χ3v) is 19.0. The number of hydrogen-bond acceptors (Lipinski definition) is 10. The van der Waals surface area contributed by atoms with Crippen molar-refractivity contribution in [2.24, 2.45) is 29.6 Å². The molecule has 12 rings (SSSR count). The number of carboxylic acid groups (broad SMARTS) is 1. The lowest BCUT2D eigenvalue weighted by atomic mass is 9.81. The monoisotopic (exact) mass is 1200 g/mol. The van der Waals surface area contributed by atoms with Gasteiger partial charge in [0, 0.05) is 23.1 Å². The normalized spacial score (nSPS) is 18.4. The lowest BCUT2D eigenvalue weighted by Crippen LogP contribution is -2.24. The lowest BCUT2D eigenvalue weighted by Gasteiger charge is -2.24. The first kappa shape index (κ1) is 67.1. The largest absolute Gasteiger partial charge is 0.508 e. The number of carboxylic acids is 1. The molecular formula is C76H96N6O7. The van der Waals surface area contributed by atoms with E-state index >= 15 is 0 Å². The second-order valence-electron chi connectivity index (χ2n) is 25.3. The Morgan fingerprint density at radius 3 is 1.26 bits per heavy atom. The molecule has 2 heterocycles. The second kappa shape index (κ2) is 33.1. The van der Waals surface area contributed by atoms with Gasteiger partial charge in [-0.05, 0) is 249 Å². The summed E-state index contributed by atoms with van der Waals surface area (Å²) in [6.07, 6.45) is 20.9. The summed E-state index contributed by atoms with van der Waals surface area (Å²) in [4.78, 5) is 43.9. The number of nitrogens with zero attached hydrogens (tertiary/aromatic N) is 2. The topological polar surface area (TPSA) is 234 Å². The zero-order valence-corrected chi connectivity index (χ0v) is 53.2. The van der Waals surface area contributed by atoms with Gasteiger partial charge in [0.1, 0.15) is 17.4 Å². The number of pyridine rings is 2. The molecule has 13 heteroatoms. The summed E-state index contributed by atoms with van der Waals surface area (Å²) in [5, 5.41) is 42.2. The van der Waals surface area contributed by atoms with Crippen molar-refractivity contribution < 1.29 is 34.8 Å². The number of aromatic hydroxyl groups is 1. The molecule has 0 aliphatic heterocycles. The van der Waals surface area contributed by atoms with Crippen LogP contribution in [0.15, 0.2) is 127 Å². The van der Waals surface area contributed by atoms with Crippen LogP contribution in [0.5, 0.6) is 5.75 Å². The van der Waals surface area contributed by atoms with E-state index in [9.17, 15) is 19.5 Å². The number of anilines is 2. The first-order valence-corrected chi connectivity index (χ1v) is 32.8. The highest BCUT2D eigenvalue weighted by Gasteiger charge is 2.24. The highest BCUT2D eigenvalue weighted by atomic mass is 16.5. The molecule has 2 amide bonds. The zero-order valence-electron chi connectivity index (χ0n) is 53.2. The van der Waals surface area contributed by atoms with E-state index in [1.165, 1.54) is 110 Å². The van der Waals surface area contributed by atoms with Crippen LogP contribution >= 0.6 is 0 Å². The van der Waals surface area contributed by atoms with E-state index in [1.54, 1.807) is 41.5 Å². The van der Waals surface area contributed by atoms with Gasteiger partial charge in [-0.15, -0.1) is 0 Å². The predicted molar refractivity (Wildman–Crippen MR) is 356 cm³/mol. The van der Waals surface area contributed by atoms with Crippen LogP contribution in [-0.4, -0.2) is 48.2 Å². The van der Waals surface area contributed by atoms with Crippen LogP contribution in [-0.2, 0) is 82.1 Å². The van der Waals surface area contributed by atoms with Gasteiger partial charge in [0.05, 0.1) is 24.5 Å². The molecular weight excluding hydrogens is 1110 g/mol. The Morgan fingerprint density at radius 2 is 0.843 bits per heavy atom. The number of phenols is 1. The Morgan fingerprint density at radius 1 is 0.472 bits per heavy atom. The van der Waals surface area contributed by atoms with Gasteiger partial charge >= 0.3 is 5.97 Å². The number of aliphatic hydroxyl groups is 2.